The van der Waals surface area contributed by atoms with Gasteiger partial charge in [0.05, 0.1) is 6.61 Å². The molecule has 0 bridgehead atoms. The van der Waals surface area contributed by atoms with E-state index < -0.39 is 0 Å². The monoisotopic (exact) mass is 313 g/mol. The van der Waals surface area contributed by atoms with Crippen LogP contribution in [0.15, 0.2) is 42.6 Å². The third kappa shape index (κ3) is 4.10. The molecule has 0 atom stereocenters. The van der Waals surface area contributed by atoms with Crippen molar-refractivity contribution >= 4 is 17.5 Å². The van der Waals surface area contributed by atoms with Gasteiger partial charge in [0.2, 0.25) is 5.95 Å². The third-order valence-corrected chi connectivity index (χ3v) is 3.94. The second-order valence-electron chi connectivity index (χ2n) is 5.47. The van der Waals surface area contributed by atoms with Crippen molar-refractivity contribution in [3.8, 4) is 0 Å². The smallest absolute Gasteiger partial charge is 0.227 e. The normalized spacial score (nSPS) is 14.8. The third-order valence-electron chi connectivity index (χ3n) is 3.94. The van der Waals surface area contributed by atoms with Gasteiger partial charge in [-0.2, -0.15) is 4.98 Å². The van der Waals surface area contributed by atoms with Crippen molar-refractivity contribution in [2.45, 2.75) is 0 Å². The van der Waals surface area contributed by atoms with Crippen LogP contribution < -0.4 is 15.1 Å². The van der Waals surface area contributed by atoms with Gasteiger partial charge in [-0.25, -0.2) is 4.98 Å². The van der Waals surface area contributed by atoms with Crippen molar-refractivity contribution in [1.82, 2.24) is 9.97 Å². The zero-order valence-corrected chi connectivity index (χ0v) is 13.5. The molecule has 6 heteroatoms. The second kappa shape index (κ2) is 7.78. The number of ether oxygens (including phenoxy) is 1. The van der Waals surface area contributed by atoms with Crippen LogP contribution in [0.3, 0.4) is 0 Å². The predicted molar refractivity (Wildman–Crippen MR) is 93.3 cm³/mol. The summed E-state index contributed by atoms with van der Waals surface area (Å²) in [5.41, 5.74) is 1.28. The highest BCUT2D eigenvalue weighted by Gasteiger charge is 2.19. The molecule has 122 valence electrons. The molecule has 0 amide bonds. The van der Waals surface area contributed by atoms with Crippen molar-refractivity contribution in [2.75, 3.05) is 61.6 Å². The maximum absolute atomic E-state index is 5.04. The minimum atomic E-state index is 0.662. The lowest BCUT2D eigenvalue weighted by Crippen LogP contribution is -2.47. The summed E-state index contributed by atoms with van der Waals surface area (Å²) in [4.78, 5) is 13.6. The van der Waals surface area contributed by atoms with Crippen LogP contribution in [0, 0.1) is 0 Å². The number of nitrogens with one attached hydrogen (secondary N) is 1. The molecule has 1 aromatic heterocycles. The molecule has 0 radical (unpaired) electrons. The van der Waals surface area contributed by atoms with Crippen LogP contribution in [0.4, 0.5) is 17.5 Å². The van der Waals surface area contributed by atoms with E-state index in [0.29, 0.717) is 6.61 Å². The van der Waals surface area contributed by atoms with Crippen molar-refractivity contribution in [3.05, 3.63) is 42.6 Å². The second-order valence-corrected chi connectivity index (χ2v) is 5.47. The molecule has 1 fully saturated rings. The van der Waals surface area contributed by atoms with Crippen molar-refractivity contribution in [2.24, 2.45) is 0 Å². The summed E-state index contributed by atoms with van der Waals surface area (Å²) in [6, 6.07) is 12.4. The molecule has 1 saturated heterocycles. The lowest BCUT2D eigenvalue weighted by molar-refractivity contribution is 0.210. The number of hydrogen-bond acceptors (Lipinski definition) is 6. The number of piperazine rings is 1. The van der Waals surface area contributed by atoms with E-state index >= 15 is 0 Å². The first kappa shape index (κ1) is 15.6. The average molecular weight is 313 g/mol. The van der Waals surface area contributed by atoms with Gasteiger partial charge in [-0.05, 0) is 18.2 Å². The van der Waals surface area contributed by atoms with E-state index in [1.165, 1.54) is 5.69 Å². The molecule has 2 aromatic rings. The molecule has 1 aliphatic rings. The predicted octanol–water partition coefficient (Wildman–Crippen LogP) is 1.86. The van der Waals surface area contributed by atoms with Crippen LogP contribution in [0.25, 0.3) is 0 Å². The number of methoxy groups -OCH3 is 1. The lowest BCUT2D eigenvalue weighted by Gasteiger charge is -2.36. The molecule has 0 spiro atoms. The Balaban J connectivity index is 1.58. The number of nitrogens with zero attached hydrogens (tertiary/aromatic N) is 4. The first-order valence-electron chi connectivity index (χ1n) is 7.97. The first-order chi connectivity index (χ1) is 11.4. The van der Waals surface area contributed by atoms with E-state index in [0.717, 1.165) is 44.5 Å². The largest absolute Gasteiger partial charge is 0.383 e. The summed E-state index contributed by atoms with van der Waals surface area (Å²) in [5.74, 6) is 1.64. The van der Waals surface area contributed by atoms with Crippen molar-refractivity contribution < 1.29 is 4.74 Å². The SMILES string of the molecule is COCCNc1ccnc(N2CCN(c3ccccc3)CC2)n1. The maximum atomic E-state index is 5.04. The topological polar surface area (TPSA) is 53.5 Å². The molecule has 1 aliphatic heterocycles. The Hall–Kier alpha value is -2.34. The van der Waals surface area contributed by atoms with Crippen LogP contribution in [-0.2, 0) is 4.74 Å². The molecular weight excluding hydrogens is 290 g/mol. The highest BCUT2D eigenvalue weighted by atomic mass is 16.5. The van der Waals surface area contributed by atoms with E-state index in [1.807, 2.05) is 6.07 Å². The van der Waals surface area contributed by atoms with Gasteiger partial charge in [-0.15, -0.1) is 0 Å². The Bertz CT molecular complexity index is 599. The van der Waals surface area contributed by atoms with Gasteiger partial charge in [0, 0.05) is 51.7 Å². The number of para-hydroxylation sites is 1. The van der Waals surface area contributed by atoms with Gasteiger partial charge in [0.1, 0.15) is 5.82 Å². The summed E-state index contributed by atoms with van der Waals surface area (Å²) < 4.78 is 5.04. The fraction of sp³-hybridized carbons (Fsp3) is 0.412. The molecule has 3 rings (SSSR count). The molecule has 2 heterocycles. The van der Waals surface area contributed by atoms with Crippen LogP contribution in [0.2, 0.25) is 0 Å². The molecule has 0 unspecified atom stereocenters. The number of anilines is 3. The summed E-state index contributed by atoms with van der Waals surface area (Å²) >= 11 is 0. The standard InChI is InChI=1S/C17H23N5O/c1-23-14-9-18-16-7-8-19-17(20-16)22-12-10-21(11-13-22)15-5-3-2-4-6-15/h2-8H,9-14H2,1H3,(H,18,19,20). The molecule has 0 aliphatic carbocycles. The summed E-state index contributed by atoms with van der Waals surface area (Å²) in [7, 11) is 1.69. The Morgan fingerprint density at radius 2 is 1.78 bits per heavy atom. The molecule has 6 nitrogen and oxygen atoms in total. The Morgan fingerprint density at radius 1 is 1.04 bits per heavy atom. The van der Waals surface area contributed by atoms with Gasteiger partial charge in [-0.1, -0.05) is 18.2 Å². The van der Waals surface area contributed by atoms with Gasteiger partial charge in [0.25, 0.3) is 0 Å². The zero-order valence-electron chi connectivity index (χ0n) is 13.5. The highest BCUT2D eigenvalue weighted by Crippen LogP contribution is 2.18. The Labute approximate surface area is 137 Å². The first-order valence-corrected chi connectivity index (χ1v) is 7.97. The van der Waals surface area contributed by atoms with Gasteiger partial charge < -0.3 is 19.9 Å². The number of hydrogen-bond donors (Lipinski definition) is 1. The zero-order chi connectivity index (χ0) is 15.9. The molecule has 1 N–H and O–H groups in total. The van der Waals surface area contributed by atoms with E-state index in [1.54, 1.807) is 13.3 Å². The molecular formula is C17H23N5O. The van der Waals surface area contributed by atoms with Gasteiger partial charge >= 0.3 is 0 Å². The molecule has 1 aromatic carbocycles. The van der Waals surface area contributed by atoms with Crippen molar-refractivity contribution in [1.29, 1.82) is 0 Å². The van der Waals surface area contributed by atoms with E-state index in [-0.39, 0.29) is 0 Å². The van der Waals surface area contributed by atoms with Crippen molar-refractivity contribution in [3.63, 3.8) is 0 Å². The fourth-order valence-electron chi connectivity index (χ4n) is 2.68. The molecule has 0 saturated carbocycles. The summed E-state index contributed by atoms with van der Waals surface area (Å²) in [5, 5.41) is 3.25. The maximum Gasteiger partial charge on any atom is 0.227 e. The molecule has 23 heavy (non-hydrogen) atoms. The van der Waals surface area contributed by atoms with E-state index in [9.17, 15) is 0 Å². The minimum absolute atomic E-state index is 0.662. The summed E-state index contributed by atoms with van der Waals surface area (Å²) in [6.07, 6.45) is 1.81. The number of aromatic nitrogens is 2. The highest BCUT2D eigenvalue weighted by molar-refractivity contribution is 5.49. The summed E-state index contributed by atoms with van der Waals surface area (Å²) in [6.45, 7) is 5.22. The Kier molecular flexibility index (Phi) is 5.26. The number of benzene rings is 1. The van der Waals surface area contributed by atoms with E-state index in [2.05, 4.69) is 55.4 Å². The van der Waals surface area contributed by atoms with E-state index in [4.69, 9.17) is 4.74 Å². The van der Waals surface area contributed by atoms with Crippen LogP contribution in [-0.4, -0.2) is 56.4 Å². The van der Waals surface area contributed by atoms with Crippen LogP contribution in [0.1, 0.15) is 0 Å². The van der Waals surface area contributed by atoms with Gasteiger partial charge in [0.15, 0.2) is 0 Å². The van der Waals surface area contributed by atoms with Gasteiger partial charge in [-0.3, -0.25) is 0 Å². The average Bonchev–Trinajstić information content (AvgIpc) is 2.63. The Morgan fingerprint density at radius 3 is 2.52 bits per heavy atom. The van der Waals surface area contributed by atoms with Crippen LogP contribution >= 0.6 is 0 Å². The fourth-order valence-corrected chi connectivity index (χ4v) is 2.68. The number of rotatable bonds is 6. The lowest BCUT2D eigenvalue weighted by atomic mass is 10.2. The quantitative estimate of drug-likeness (QED) is 0.822. The van der Waals surface area contributed by atoms with Crippen LogP contribution in [0.5, 0.6) is 0 Å². The minimum Gasteiger partial charge on any atom is -0.383 e.